The van der Waals surface area contributed by atoms with Gasteiger partial charge in [-0.2, -0.15) is 0 Å². The van der Waals surface area contributed by atoms with Crippen LogP contribution in [0, 0.1) is 0 Å². The highest BCUT2D eigenvalue weighted by atomic mass is 16.3. The number of phenols is 1. The molecule has 0 bridgehead atoms. The summed E-state index contributed by atoms with van der Waals surface area (Å²) in [6, 6.07) is 5.17. The van der Waals surface area contributed by atoms with Crippen molar-refractivity contribution in [2.24, 2.45) is 0 Å². The lowest BCUT2D eigenvalue weighted by Gasteiger charge is -2.33. The van der Waals surface area contributed by atoms with Crippen molar-refractivity contribution in [2.45, 2.75) is 25.4 Å². The maximum absolute atomic E-state index is 12.1. The number of para-hydroxylation sites is 1. The van der Waals surface area contributed by atoms with E-state index in [0.29, 0.717) is 11.0 Å². The Morgan fingerprint density at radius 2 is 2.22 bits per heavy atom. The molecule has 96 valence electrons. The molecule has 1 unspecified atom stereocenters. The summed E-state index contributed by atoms with van der Waals surface area (Å²) in [6.07, 6.45) is 3.25. The van der Waals surface area contributed by atoms with Crippen molar-refractivity contribution in [3.05, 3.63) is 28.7 Å². The van der Waals surface area contributed by atoms with Crippen LogP contribution in [0.1, 0.15) is 25.4 Å². The van der Waals surface area contributed by atoms with Gasteiger partial charge in [0.1, 0.15) is 11.3 Å². The van der Waals surface area contributed by atoms with E-state index in [0.717, 1.165) is 25.8 Å². The number of H-pyrrole nitrogens is 1. The number of nitrogens with zero attached hydrogens (tertiary/aromatic N) is 2. The molecule has 5 nitrogen and oxygen atoms in total. The van der Waals surface area contributed by atoms with Gasteiger partial charge in [0.2, 0.25) is 0 Å². The van der Waals surface area contributed by atoms with Gasteiger partial charge in [-0.05, 0) is 45.0 Å². The molecule has 0 amide bonds. The zero-order chi connectivity index (χ0) is 12.7. The molecule has 1 saturated heterocycles. The normalized spacial score (nSPS) is 21.5. The summed E-state index contributed by atoms with van der Waals surface area (Å²) in [7, 11) is 2.02. The maximum Gasteiger partial charge on any atom is 0.327 e. The number of phenolic OH excluding ortho intramolecular Hbond substituents is 1. The Hall–Kier alpha value is -1.75. The fourth-order valence-electron chi connectivity index (χ4n) is 2.83. The average molecular weight is 247 g/mol. The number of piperidine rings is 1. The topological polar surface area (TPSA) is 61.3 Å². The van der Waals surface area contributed by atoms with Crippen molar-refractivity contribution in [3.8, 4) is 5.75 Å². The smallest absolute Gasteiger partial charge is 0.327 e. The Bertz CT molecular complexity index is 629. The molecule has 0 radical (unpaired) electrons. The lowest BCUT2D eigenvalue weighted by Crippen LogP contribution is -2.37. The van der Waals surface area contributed by atoms with E-state index in [2.05, 4.69) is 9.88 Å². The second-order valence-electron chi connectivity index (χ2n) is 4.93. The summed E-state index contributed by atoms with van der Waals surface area (Å²) in [5.41, 5.74) is 1.16. The first-order valence-electron chi connectivity index (χ1n) is 6.31. The van der Waals surface area contributed by atoms with Gasteiger partial charge in [0.25, 0.3) is 0 Å². The van der Waals surface area contributed by atoms with Gasteiger partial charge in [-0.3, -0.25) is 9.47 Å². The third-order valence-corrected chi connectivity index (χ3v) is 3.75. The largest absolute Gasteiger partial charge is 0.506 e. The predicted octanol–water partition coefficient (Wildman–Crippen LogP) is 1.65. The van der Waals surface area contributed by atoms with Crippen LogP contribution in [0.2, 0.25) is 0 Å². The molecule has 2 heterocycles. The van der Waals surface area contributed by atoms with Crippen molar-refractivity contribution >= 4 is 11.0 Å². The van der Waals surface area contributed by atoms with Gasteiger partial charge in [0.05, 0.1) is 11.7 Å². The van der Waals surface area contributed by atoms with Crippen LogP contribution in [0.15, 0.2) is 23.0 Å². The second kappa shape index (κ2) is 4.17. The number of benzene rings is 1. The highest BCUT2D eigenvalue weighted by Gasteiger charge is 2.25. The zero-order valence-corrected chi connectivity index (χ0v) is 10.4. The fraction of sp³-hybridized carbons (Fsp3) is 0.462. The Kier molecular flexibility index (Phi) is 2.63. The number of aromatic amines is 1. The van der Waals surface area contributed by atoms with Gasteiger partial charge in [0, 0.05) is 0 Å². The number of hydrogen-bond acceptors (Lipinski definition) is 3. The molecule has 1 aromatic carbocycles. The average Bonchev–Trinajstić information content (AvgIpc) is 2.68. The lowest BCUT2D eigenvalue weighted by atomic mass is 10.1. The van der Waals surface area contributed by atoms with Crippen LogP contribution in [-0.4, -0.2) is 33.1 Å². The summed E-state index contributed by atoms with van der Waals surface area (Å²) in [6.45, 7) is 0.984. The molecule has 2 N–H and O–H groups in total. The first kappa shape index (κ1) is 11.3. The number of fused-ring (bicyclic) bond motifs is 1. The Labute approximate surface area is 105 Å². The molecular weight excluding hydrogens is 230 g/mol. The van der Waals surface area contributed by atoms with Gasteiger partial charge in [-0.25, -0.2) is 4.79 Å². The summed E-state index contributed by atoms with van der Waals surface area (Å²) < 4.78 is 1.68. The fourth-order valence-corrected chi connectivity index (χ4v) is 2.83. The third kappa shape index (κ3) is 1.62. The number of rotatable bonds is 1. The van der Waals surface area contributed by atoms with Crippen molar-refractivity contribution in [2.75, 3.05) is 13.6 Å². The van der Waals surface area contributed by atoms with E-state index in [4.69, 9.17) is 0 Å². The van der Waals surface area contributed by atoms with E-state index in [1.807, 2.05) is 13.1 Å². The molecule has 1 fully saturated rings. The molecule has 3 rings (SSSR count). The summed E-state index contributed by atoms with van der Waals surface area (Å²) in [4.78, 5) is 17.1. The molecule has 2 aromatic rings. The van der Waals surface area contributed by atoms with Crippen LogP contribution in [0.5, 0.6) is 5.75 Å². The molecule has 0 aliphatic carbocycles. The number of imidazole rings is 1. The number of aromatic hydroxyl groups is 1. The minimum Gasteiger partial charge on any atom is -0.506 e. The first-order chi connectivity index (χ1) is 8.68. The standard InChI is InChI=1S/C13H17N3O2/c1-15-8-3-2-7-11(15)16-12-9(14-13(16)18)5-4-6-10(12)17/h4-6,11,17H,2-3,7-8H2,1H3,(H,14,18). The molecule has 1 aliphatic heterocycles. The zero-order valence-electron chi connectivity index (χ0n) is 10.4. The Morgan fingerprint density at radius 3 is 3.00 bits per heavy atom. The van der Waals surface area contributed by atoms with Crippen LogP contribution in [0.3, 0.4) is 0 Å². The van der Waals surface area contributed by atoms with Gasteiger partial charge in [0.15, 0.2) is 0 Å². The number of hydrogen-bond donors (Lipinski definition) is 2. The lowest BCUT2D eigenvalue weighted by molar-refractivity contribution is 0.127. The van der Waals surface area contributed by atoms with Gasteiger partial charge in [-0.15, -0.1) is 0 Å². The quantitative estimate of drug-likeness (QED) is 0.805. The van der Waals surface area contributed by atoms with Crippen molar-refractivity contribution in [1.29, 1.82) is 0 Å². The molecule has 0 spiro atoms. The number of likely N-dealkylation sites (tertiary alicyclic amines) is 1. The summed E-state index contributed by atoms with van der Waals surface area (Å²) in [5, 5.41) is 9.98. The predicted molar refractivity (Wildman–Crippen MR) is 69.7 cm³/mol. The van der Waals surface area contributed by atoms with E-state index in [-0.39, 0.29) is 17.6 Å². The van der Waals surface area contributed by atoms with Crippen molar-refractivity contribution < 1.29 is 5.11 Å². The monoisotopic (exact) mass is 247 g/mol. The SMILES string of the molecule is CN1CCCCC1n1c(=O)[nH]c2cccc(O)c21. The molecule has 0 saturated carbocycles. The second-order valence-corrected chi connectivity index (χ2v) is 4.93. The Balaban J connectivity index is 2.21. The van der Waals surface area contributed by atoms with E-state index >= 15 is 0 Å². The van der Waals surface area contributed by atoms with Crippen LogP contribution >= 0.6 is 0 Å². The third-order valence-electron chi connectivity index (χ3n) is 3.75. The molecule has 5 heteroatoms. The van der Waals surface area contributed by atoms with Crippen LogP contribution in [0.25, 0.3) is 11.0 Å². The minimum absolute atomic E-state index is 0.0355. The van der Waals surface area contributed by atoms with Gasteiger partial charge >= 0.3 is 5.69 Å². The molecule has 1 atom stereocenters. The summed E-state index contributed by atoms with van der Waals surface area (Å²) in [5.74, 6) is 0.157. The molecule has 1 aromatic heterocycles. The molecule has 1 aliphatic rings. The molecular formula is C13H17N3O2. The highest BCUT2D eigenvalue weighted by molar-refractivity contribution is 5.81. The van der Waals surface area contributed by atoms with E-state index in [1.165, 1.54) is 0 Å². The maximum atomic E-state index is 12.1. The van der Waals surface area contributed by atoms with Gasteiger partial charge in [-0.1, -0.05) is 6.07 Å². The van der Waals surface area contributed by atoms with Crippen molar-refractivity contribution in [1.82, 2.24) is 14.5 Å². The van der Waals surface area contributed by atoms with E-state index in [1.54, 1.807) is 16.7 Å². The van der Waals surface area contributed by atoms with Crippen molar-refractivity contribution in [3.63, 3.8) is 0 Å². The van der Waals surface area contributed by atoms with Crippen LogP contribution in [0.4, 0.5) is 0 Å². The van der Waals surface area contributed by atoms with E-state index < -0.39 is 0 Å². The number of nitrogens with one attached hydrogen (secondary N) is 1. The summed E-state index contributed by atoms with van der Waals surface area (Å²) >= 11 is 0. The van der Waals surface area contributed by atoms with E-state index in [9.17, 15) is 9.90 Å². The van der Waals surface area contributed by atoms with Crippen LogP contribution < -0.4 is 5.69 Å². The van der Waals surface area contributed by atoms with Crippen LogP contribution in [-0.2, 0) is 0 Å². The number of aromatic nitrogens is 2. The first-order valence-corrected chi connectivity index (χ1v) is 6.31. The van der Waals surface area contributed by atoms with Gasteiger partial charge < -0.3 is 10.1 Å². The minimum atomic E-state index is -0.148. The highest BCUT2D eigenvalue weighted by Crippen LogP contribution is 2.29. The Morgan fingerprint density at radius 1 is 1.39 bits per heavy atom. The molecule has 18 heavy (non-hydrogen) atoms.